The van der Waals surface area contributed by atoms with Crippen LogP contribution >= 0.6 is 11.6 Å². The van der Waals surface area contributed by atoms with Crippen molar-refractivity contribution in [1.82, 2.24) is 10.2 Å². The van der Waals surface area contributed by atoms with E-state index in [4.69, 9.17) is 17.3 Å². The number of unbranched alkanes of at least 4 members (excludes halogenated alkanes) is 1. The Morgan fingerprint density at radius 1 is 1.10 bits per heavy atom. The molecule has 41 heavy (non-hydrogen) atoms. The number of halogens is 1. The van der Waals surface area contributed by atoms with Crippen molar-refractivity contribution >= 4 is 23.1 Å². The molecule has 1 heterocycles. The molecule has 2 aromatic rings. The Hall–Kier alpha value is -2.66. The quantitative estimate of drug-likeness (QED) is 0.0857. The van der Waals surface area contributed by atoms with Crippen molar-refractivity contribution in [2.75, 3.05) is 25.4 Å². The van der Waals surface area contributed by atoms with Gasteiger partial charge in [-0.3, -0.25) is 9.69 Å². The summed E-state index contributed by atoms with van der Waals surface area (Å²) in [6.07, 6.45) is 13.2. The van der Waals surface area contributed by atoms with Crippen LogP contribution in [0.3, 0.4) is 0 Å². The Labute approximate surface area is 253 Å². The molecule has 1 saturated heterocycles. The van der Waals surface area contributed by atoms with E-state index in [9.17, 15) is 4.79 Å². The molecule has 0 atom stereocenters. The van der Waals surface area contributed by atoms with Gasteiger partial charge in [-0.05, 0) is 118 Å². The molecule has 3 N–H and O–H groups in total. The predicted octanol–water partition coefficient (Wildman–Crippen LogP) is 8.67. The van der Waals surface area contributed by atoms with E-state index in [0.29, 0.717) is 12.3 Å². The molecule has 1 aliphatic heterocycles. The van der Waals surface area contributed by atoms with Crippen molar-refractivity contribution in [2.45, 2.75) is 84.7 Å². The maximum Gasteiger partial charge on any atom is 0.162 e. The lowest BCUT2D eigenvalue weighted by atomic mass is 9.90. The molecule has 0 amide bonds. The number of hydrogen-bond acceptors (Lipinski definition) is 4. The molecule has 3 rings (SSSR count). The van der Waals surface area contributed by atoms with Crippen molar-refractivity contribution in [1.29, 1.82) is 0 Å². The average molecular weight is 576 g/mol. The maximum atomic E-state index is 13.2. The summed E-state index contributed by atoms with van der Waals surface area (Å²) in [5.74, 6) is 0.958. The van der Waals surface area contributed by atoms with E-state index in [2.05, 4.69) is 48.0 Å². The predicted molar refractivity (Wildman–Crippen MR) is 176 cm³/mol. The lowest BCUT2D eigenvalue weighted by Gasteiger charge is -2.32. The van der Waals surface area contributed by atoms with E-state index < -0.39 is 0 Å². The van der Waals surface area contributed by atoms with Gasteiger partial charge in [0, 0.05) is 35.8 Å². The average Bonchev–Trinajstić information content (AvgIpc) is 2.97. The van der Waals surface area contributed by atoms with Crippen LogP contribution in [0.15, 0.2) is 84.0 Å². The number of rotatable bonds is 17. The number of ketones is 1. The Kier molecular flexibility index (Phi) is 14.4. The number of Topliss-reactive ketones (excluding diaryl/α,β-unsaturated/α-hetero) is 1. The number of carbonyl (C=O) groups is 1. The van der Waals surface area contributed by atoms with Gasteiger partial charge in [-0.2, -0.15) is 0 Å². The third-order valence-corrected chi connectivity index (χ3v) is 8.54. The molecule has 0 spiro atoms. The molecule has 1 fully saturated rings. The van der Waals surface area contributed by atoms with Crippen LogP contribution < -0.4 is 11.1 Å². The van der Waals surface area contributed by atoms with Crippen LogP contribution in [0.1, 0.15) is 82.8 Å². The third kappa shape index (κ3) is 11.6. The zero-order valence-electron chi connectivity index (χ0n) is 25.3. The number of nitrogens with zero attached hydrogens (tertiary/aromatic N) is 1. The second-order valence-corrected chi connectivity index (χ2v) is 11.8. The number of nitrogen functional groups attached to an aromatic ring is 1. The van der Waals surface area contributed by atoms with Gasteiger partial charge in [0.25, 0.3) is 0 Å². The van der Waals surface area contributed by atoms with Gasteiger partial charge >= 0.3 is 0 Å². The minimum Gasteiger partial charge on any atom is -0.399 e. The number of benzene rings is 2. The minimum absolute atomic E-state index is 0.255. The lowest BCUT2D eigenvalue weighted by Crippen LogP contribution is -2.33. The lowest BCUT2D eigenvalue weighted by molar-refractivity contribution is -0.115. The highest BCUT2D eigenvalue weighted by atomic mass is 35.5. The van der Waals surface area contributed by atoms with E-state index in [-0.39, 0.29) is 5.78 Å². The van der Waals surface area contributed by atoms with Crippen LogP contribution in [-0.4, -0.2) is 30.3 Å². The molecular weight excluding hydrogens is 526 g/mol. The maximum absolute atomic E-state index is 13.2. The van der Waals surface area contributed by atoms with Crippen molar-refractivity contribution in [3.05, 3.63) is 100 Å². The molecule has 222 valence electrons. The molecule has 1 aliphatic rings. The summed E-state index contributed by atoms with van der Waals surface area (Å²) in [7, 11) is 0. The van der Waals surface area contributed by atoms with E-state index >= 15 is 0 Å². The SMILES string of the molecule is C=C(CCNCc1cccc(N)c1)/C(=C\C(=C/C)C(=O)CCCC1CCN(Cc2ccccc2Cl)CC1)CCCC. The zero-order valence-corrected chi connectivity index (χ0v) is 26.0. The molecule has 0 aliphatic carbocycles. The Balaban J connectivity index is 1.42. The van der Waals surface area contributed by atoms with Gasteiger partial charge in [0.2, 0.25) is 0 Å². The first-order chi connectivity index (χ1) is 19.9. The summed E-state index contributed by atoms with van der Waals surface area (Å²) in [6.45, 7) is 13.3. The molecule has 0 radical (unpaired) electrons. The van der Waals surface area contributed by atoms with Crippen LogP contribution in [0.25, 0.3) is 0 Å². The van der Waals surface area contributed by atoms with Crippen molar-refractivity contribution in [2.24, 2.45) is 5.92 Å². The number of piperidine rings is 1. The second kappa shape index (κ2) is 18.0. The van der Waals surface area contributed by atoms with Crippen molar-refractivity contribution in [3.8, 4) is 0 Å². The highest BCUT2D eigenvalue weighted by molar-refractivity contribution is 6.31. The van der Waals surface area contributed by atoms with Gasteiger partial charge in [0.15, 0.2) is 5.78 Å². The zero-order chi connectivity index (χ0) is 29.5. The monoisotopic (exact) mass is 575 g/mol. The number of anilines is 1. The summed E-state index contributed by atoms with van der Waals surface area (Å²) in [6, 6.07) is 16.1. The number of carbonyl (C=O) groups excluding carboxylic acids is 1. The standard InChI is InChI=1S/C36H50ClN3O/c1-4-6-13-32(28(3)18-21-39-26-30-12-9-15-34(38)24-30)25-31(5-2)36(41)17-10-11-29-19-22-40(23-20-29)27-33-14-7-8-16-35(33)37/h5,7-9,12,14-16,24-25,29,39H,3-4,6,10-11,13,17-23,26-27,38H2,1-2H3/b31-5+,32-25-. The fourth-order valence-electron chi connectivity index (χ4n) is 5.56. The first-order valence-electron chi connectivity index (χ1n) is 15.5. The van der Waals surface area contributed by atoms with Gasteiger partial charge in [-0.25, -0.2) is 0 Å². The Morgan fingerprint density at radius 3 is 2.59 bits per heavy atom. The Bertz CT molecular complexity index is 1180. The number of allylic oxidation sites excluding steroid dienone is 4. The molecule has 0 saturated carbocycles. The third-order valence-electron chi connectivity index (χ3n) is 8.18. The first-order valence-corrected chi connectivity index (χ1v) is 15.9. The minimum atomic E-state index is 0.255. The van der Waals surface area contributed by atoms with Crippen LogP contribution in [0.2, 0.25) is 5.02 Å². The van der Waals surface area contributed by atoms with Gasteiger partial charge in [0.1, 0.15) is 0 Å². The largest absolute Gasteiger partial charge is 0.399 e. The normalized spacial score (nSPS) is 15.3. The van der Waals surface area contributed by atoms with Crippen LogP contribution in [0.4, 0.5) is 5.69 Å². The van der Waals surface area contributed by atoms with E-state index in [1.165, 1.54) is 29.5 Å². The summed E-state index contributed by atoms with van der Waals surface area (Å²) < 4.78 is 0. The van der Waals surface area contributed by atoms with Gasteiger partial charge < -0.3 is 11.1 Å². The van der Waals surface area contributed by atoms with E-state index in [0.717, 1.165) is 93.1 Å². The fraction of sp³-hybridized carbons (Fsp3) is 0.472. The first kappa shape index (κ1) is 32.8. The van der Waals surface area contributed by atoms with Gasteiger partial charge in [0.05, 0.1) is 0 Å². The highest BCUT2D eigenvalue weighted by Crippen LogP contribution is 2.26. The Morgan fingerprint density at radius 2 is 1.88 bits per heavy atom. The topological polar surface area (TPSA) is 58.4 Å². The van der Waals surface area contributed by atoms with E-state index in [1.54, 1.807) is 0 Å². The summed E-state index contributed by atoms with van der Waals surface area (Å²) >= 11 is 6.36. The second-order valence-electron chi connectivity index (χ2n) is 11.4. The molecule has 0 bridgehead atoms. The smallest absolute Gasteiger partial charge is 0.162 e. The number of nitrogens with one attached hydrogen (secondary N) is 1. The molecular formula is C36H50ClN3O. The van der Waals surface area contributed by atoms with Crippen LogP contribution in [0.5, 0.6) is 0 Å². The van der Waals surface area contributed by atoms with E-state index in [1.807, 2.05) is 43.3 Å². The molecule has 0 unspecified atom stereocenters. The van der Waals surface area contributed by atoms with Crippen LogP contribution in [-0.2, 0) is 17.9 Å². The molecule has 2 aromatic carbocycles. The van der Waals surface area contributed by atoms with Crippen molar-refractivity contribution in [3.63, 3.8) is 0 Å². The van der Waals surface area contributed by atoms with Gasteiger partial charge in [-0.15, -0.1) is 0 Å². The summed E-state index contributed by atoms with van der Waals surface area (Å²) in [4.78, 5) is 15.7. The van der Waals surface area contributed by atoms with Crippen LogP contribution in [0, 0.1) is 5.92 Å². The van der Waals surface area contributed by atoms with Crippen molar-refractivity contribution < 1.29 is 4.79 Å². The molecule has 5 heteroatoms. The van der Waals surface area contributed by atoms with Gasteiger partial charge in [-0.1, -0.05) is 73.5 Å². The number of hydrogen-bond donors (Lipinski definition) is 2. The fourth-order valence-corrected chi connectivity index (χ4v) is 5.76. The summed E-state index contributed by atoms with van der Waals surface area (Å²) in [5, 5.41) is 4.36. The highest BCUT2D eigenvalue weighted by Gasteiger charge is 2.20. The molecule has 4 nitrogen and oxygen atoms in total. The molecule has 0 aromatic heterocycles. The number of nitrogens with two attached hydrogens (primary N) is 1. The summed E-state index contributed by atoms with van der Waals surface area (Å²) in [5.41, 5.74) is 12.2. The number of likely N-dealkylation sites (tertiary alicyclic amines) is 1.